The molecule has 0 fully saturated rings. The number of aromatic nitrogens is 1. The first-order valence-corrected chi connectivity index (χ1v) is 6.69. The standard InChI is InChI=1S/C15H14ClN3O/c16-12-3-4-13(15-11(12)2-1-6-18-15)19-14(8-17)10-5-7-20-9-10/h1-7,9,14,19H,8,17H2. The summed E-state index contributed by atoms with van der Waals surface area (Å²) in [4.78, 5) is 4.40. The molecule has 3 rings (SSSR count). The molecular weight excluding hydrogens is 274 g/mol. The van der Waals surface area contributed by atoms with Gasteiger partial charge in [-0.25, -0.2) is 0 Å². The van der Waals surface area contributed by atoms with E-state index in [9.17, 15) is 0 Å². The molecule has 0 bridgehead atoms. The van der Waals surface area contributed by atoms with Crippen molar-refractivity contribution in [3.05, 3.63) is 59.6 Å². The van der Waals surface area contributed by atoms with Crippen LogP contribution in [0.4, 0.5) is 5.69 Å². The average Bonchev–Trinajstić information content (AvgIpc) is 3.01. The van der Waals surface area contributed by atoms with Crippen LogP contribution in [0, 0.1) is 0 Å². The predicted octanol–water partition coefficient (Wildman–Crippen LogP) is 3.59. The highest BCUT2D eigenvalue weighted by Gasteiger charge is 2.13. The van der Waals surface area contributed by atoms with Crippen molar-refractivity contribution in [2.24, 2.45) is 5.73 Å². The Balaban J connectivity index is 2.00. The van der Waals surface area contributed by atoms with Crippen molar-refractivity contribution < 1.29 is 4.42 Å². The van der Waals surface area contributed by atoms with E-state index in [1.807, 2.05) is 30.3 Å². The fourth-order valence-corrected chi connectivity index (χ4v) is 2.41. The lowest BCUT2D eigenvalue weighted by Crippen LogP contribution is -2.20. The molecule has 1 atom stereocenters. The molecule has 1 unspecified atom stereocenters. The van der Waals surface area contributed by atoms with Crippen molar-refractivity contribution in [2.45, 2.75) is 6.04 Å². The molecule has 0 amide bonds. The van der Waals surface area contributed by atoms with Crippen LogP contribution in [0.5, 0.6) is 0 Å². The summed E-state index contributed by atoms with van der Waals surface area (Å²) in [7, 11) is 0. The van der Waals surface area contributed by atoms with Gasteiger partial charge in [0.25, 0.3) is 0 Å². The molecule has 4 nitrogen and oxygen atoms in total. The molecule has 1 aromatic carbocycles. The van der Waals surface area contributed by atoms with Gasteiger partial charge in [-0.15, -0.1) is 0 Å². The molecule has 2 aromatic heterocycles. The lowest BCUT2D eigenvalue weighted by atomic mass is 10.1. The number of furan rings is 1. The van der Waals surface area contributed by atoms with Crippen molar-refractivity contribution in [3.8, 4) is 0 Å². The number of benzene rings is 1. The lowest BCUT2D eigenvalue weighted by molar-refractivity contribution is 0.561. The van der Waals surface area contributed by atoms with Crippen LogP contribution in [-0.2, 0) is 0 Å². The minimum absolute atomic E-state index is 0.0277. The average molecular weight is 288 g/mol. The van der Waals surface area contributed by atoms with E-state index in [2.05, 4.69) is 10.3 Å². The van der Waals surface area contributed by atoms with Crippen LogP contribution in [0.1, 0.15) is 11.6 Å². The first-order valence-electron chi connectivity index (χ1n) is 6.31. The third kappa shape index (κ3) is 2.35. The van der Waals surface area contributed by atoms with Gasteiger partial charge in [0.1, 0.15) is 0 Å². The van der Waals surface area contributed by atoms with E-state index in [1.54, 1.807) is 18.7 Å². The summed E-state index contributed by atoms with van der Waals surface area (Å²) in [6.07, 6.45) is 5.08. The summed E-state index contributed by atoms with van der Waals surface area (Å²) in [6.45, 7) is 0.455. The maximum Gasteiger partial charge on any atom is 0.0955 e. The molecule has 5 heteroatoms. The van der Waals surface area contributed by atoms with E-state index in [0.29, 0.717) is 11.6 Å². The van der Waals surface area contributed by atoms with Crippen molar-refractivity contribution >= 4 is 28.2 Å². The SMILES string of the molecule is NCC(Nc1ccc(Cl)c2cccnc12)c1ccoc1. The van der Waals surface area contributed by atoms with Crippen LogP contribution in [0.2, 0.25) is 5.02 Å². The largest absolute Gasteiger partial charge is 0.472 e. The van der Waals surface area contributed by atoms with Gasteiger partial charge in [-0.1, -0.05) is 11.6 Å². The Kier molecular flexibility index (Phi) is 3.58. The summed E-state index contributed by atoms with van der Waals surface area (Å²) in [5, 5.41) is 5.00. The second-order valence-electron chi connectivity index (χ2n) is 4.48. The van der Waals surface area contributed by atoms with E-state index in [1.165, 1.54) is 0 Å². The Hall–Kier alpha value is -2.04. The second kappa shape index (κ2) is 5.53. The molecule has 2 heterocycles. The summed E-state index contributed by atoms with van der Waals surface area (Å²) in [6, 6.07) is 9.47. The van der Waals surface area contributed by atoms with Gasteiger partial charge in [-0.2, -0.15) is 0 Å². The van der Waals surface area contributed by atoms with Gasteiger partial charge >= 0.3 is 0 Å². The molecule has 0 spiro atoms. The number of fused-ring (bicyclic) bond motifs is 1. The number of nitrogens with zero attached hydrogens (tertiary/aromatic N) is 1. The van der Waals surface area contributed by atoms with E-state index in [0.717, 1.165) is 22.2 Å². The second-order valence-corrected chi connectivity index (χ2v) is 4.89. The maximum atomic E-state index is 6.19. The van der Waals surface area contributed by atoms with Crippen LogP contribution in [0.3, 0.4) is 0 Å². The summed E-state index contributed by atoms with van der Waals surface area (Å²) >= 11 is 6.19. The Morgan fingerprint density at radius 2 is 2.20 bits per heavy atom. The van der Waals surface area contributed by atoms with Gasteiger partial charge in [-0.05, 0) is 30.3 Å². The van der Waals surface area contributed by atoms with Gasteiger partial charge in [0.05, 0.1) is 34.8 Å². The summed E-state index contributed by atoms with van der Waals surface area (Å²) < 4.78 is 5.11. The van der Waals surface area contributed by atoms with Crippen molar-refractivity contribution in [1.29, 1.82) is 0 Å². The Bertz CT molecular complexity index is 712. The van der Waals surface area contributed by atoms with Gasteiger partial charge < -0.3 is 15.5 Å². The molecule has 3 N–H and O–H groups in total. The number of halogens is 1. The van der Waals surface area contributed by atoms with Crippen LogP contribution in [-0.4, -0.2) is 11.5 Å². The van der Waals surface area contributed by atoms with Crippen LogP contribution in [0.25, 0.3) is 10.9 Å². The van der Waals surface area contributed by atoms with E-state index in [4.69, 9.17) is 21.8 Å². The van der Waals surface area contributed by atoms with Crippen molar-refractivity contribution in [2.75, 3.05) is 11.9 Å². The van der Waals surface area contributed by atoms with Crippen LogP contribution < -0.4 is 11.1 Å². The molecule has 102 valence electrons. The summed E-state index contributed by atoms with van der Waals surface area (Å²) in [5.74, 6) is 0. The zero-order valence-electron chi connectivity index (χ0n) is 10.7. The first-order chi connectivity index (χ1) is 9.79. The topological polar surface area (TPSA) is 64.1 Å². The number of nitrogens with two attached hydrogens (primary N) is 1. The Morgan fingerprint density at radius 1 is 1.30 bits per heavy atom. The molecular formula is C15H14ClN3O. The van der Waals surface area contributed by atoms with Gasteiger partial charge in [0.15, 0.2) is 0 Å². The van der Waals surface area contributed by atoms with Crippen molar-refractivity contribution in [1.82, 2.24) is 4.98 Å². The summed E-state index contributed by atoms with van der Waals surface area (Å²) in [5.41, 5.74) is 8.58. The highest BCUT2D eigenvalue weighted by molar-refractivity contribution is 6.35. The fraction of sp³-hybridized carbons (Fsp3) is 0.133. The molecule has 0 radical (unpaired) electrons. The number of hydrogen-bond acceptors (Lipinski definition) is 4. The van der Waals surface area contributed by atoms with E-state index in [-0.39, 0.29) is 6.04 Å². The van der Waals surface area contributed by atoms with Gasteiger partial charge in [-0.3, -0.25) is 4.98 Å². The van der Waals surface area contributed by atoms with E-state index >= 15 is 0 Å². The minimum atomic E-state index is -0.0277. The lowest BCUT2D eigenvalue weighted by Gasteiger charge is -2.18. The fourth-order valence-electron chi connectivity index (χ4n) is 2.19. The van der Waals surface area contributed by atoms with Gasteiger partial charge in [0, 0.05) is 23.7 Å². The van der Waals surface area contributed by atoms with Gasteiger partial charge in [0.2, 0.25) is 0 Å². The highest BCUT2D eigenvalue weighted by atomic mass is 35.5. The number of hydrogen-bond donors (Lipinski definition) is 2. The minimum Gasteiger partial charge on any atom is -0.472 e. The molecule has 3 aromatic rings. The third-order valence-corrected chi connectivity index (χ3v) is 3.56. The predicted molar refractivity (Wildman–Crippen MR) is 80.9 cm³/mol. The highest BCUT2D eigenvalue weighted by Crippen LogP contribution is 2.30. The Morgan fingerprint density at radius 3 is 2.95 bits per heavy atom. The zero-order valence-corrected chi connectivity index (χ0v) is 11.5. The van der Waals surface area contributed by atoms with E-state index < -0.39 is 0 Å². The Labute approximate surface area is 121 Å². The molecule has 0 aliphatic carbocycles. The normalized spacial score (nSPS) is 12.5. The molecule has 0 aliphatic rings. The zero-order chi connectivity index (χ0) is 13.9. The number of pyridine rings is 1. The number of anilines is 1. The van der Waals surface area contributed by atoms with Crippen LogP contribution >= 0.6 is 11.6 Å². The molecule has 0 saturated heterocycles. The first kappa shape index (κ1) is 13.0. The van der Waals surface area contributed by atoms with Crippen molar-refractivity contribution in [3.63, 3.8) is 0 Å². The number of rotatable bonds is 4. The van der Waals surface area contributed by atoms with Crippen LogP contribution in [0.15, 0.2) is 53.5 Å². The monoisotopic (exact) mass is 287 g/mol. The maximum absolute atomic E-state index is 6.19. The molecule has 0 saturated carbocycles. The quantitative estimate of drug-likeness (QED) is 0.769. The molecule has 20 heavy (non-hydrogen) atoms. The molecule has 0 aliphatic heterocycles. The number of nitrogens with one attached hydrogen (secondary N) is 1. The third-order valence-electron chi connectivity index (χ3n) is 3.23. The smallest absolute Gasteiger partial charge is 0.0955 e.